The fourth-order valence-electron chi connectivity index (χ4n) is 3.11. The minimum atomic E-state index is -3.78. The number of carbonyl (C=O) groups is 1. The molecule has 1 fully saturated rings. The van der Waals surface area contributed by atoms with E-state index in [4.69, 9.17) is 20.8 Å². The Morgan fingerprint density at radius 2 is 1.80 bits per heavy atom. The van der Waals surface area contributed by atoms with E-state index in [9.17, 15) is 18.0 Å². The van der Waals surface area contributed by atoms with Crippen molar-refractivity contribution in [1.82, 2.24) is 4.31 Å². The van der Waals surface area contributed by atoms with Gasteiger partial charge in [0.25, 0.3) is 5.91 Å². The first-order valence-corrected chi connectivity index (χ1v) is 10.9. The predicted octanol–water partition coefficient (Wildman–Crippen LogP) is 2.72. The summed E-state index contributed by atoms with van der Waals surface area (Å²) < 4.78 is 37.4. The molecule has 0 spiro atoms. The number of ether oxygens (including phenoxy) is 1. The number of para-hydroxylation sites is 1. The molecule has 1 aromatic heterocycles. The smallest absolute Gasteiger partial charge is 0.349 e. The quantitative estimate of drug-likeness (QED) is 0.615. The minimum Gasteiger partial charge on any atom is -0.422 e. The largest absolute Gasteiger partial charge is 0.422 e. The number of morpholine rings is 1. The van der Waals surface area contributed by atoms with Gasteiger partial charge in [0.1, 0.15) is 11.1 Å². The zero-order valence-electron chi connectivity index (χ0n) is 15.6. The lowest BCUT2D eigenvalue weighted by atomic mass is 10.1. The highest BCUT2D eigenvalue weighted by Gasteiger charge is 2.27. The van der Waals surface area contributed by atoms with Crippen LogP contribution in [0.3, 0.4) is 0 Å². The molecule has 10 heteroatoms. The van der Waals surface area contributed by atoms with E-state index in [-0.39, 0.29) is 34.3 Å². The summed E-state index contributed by atoms with van der Waals surface area (Å²) >= 11 is 6.15. The normalized spacial score (nSPS) is 15.2. The van der Waals surface area contributed by atoms with Gasteiger partial charge in [0.05, 0.1) is 28.8 Å². The van der Waals surface area contributed by atoms with Crippen LogP contribution >= 0.6 is 11.6 Å². The zero-order valence-corrected chi connectivity index (χ0v) is 17.2. The van der Waals surface area contributed by atoms with Crippen molar-refractivity contribution in [3.63, 3.8) is 0 Å². The number of hydrogen-bond acceptors (Lipinski definition) is 6. The molecule has 1 saturated heterocycles. The number of anilines is 1. The van der Waals surface area contributed by atoms with E-state index in [0.717, 1.165) is 0 Å². The maximum atomic E-state index is 12.9. The third kappa shape index (κ3) is 3.97. The highest BCUT2D eigenvalue weighted by Crippen LogP contribution is 2.28. The molecule has 1 aliphatic rings. The highest BCUT2D eigenvalue weighted by atomic mass is 35.5. The fraction of sp³-hybridized carbons (Fsp3) is 0.200. The van der Waals surface area contributed by atoms with Crippen LogP contribution in [0.5, 0.6) is 0 Å². The molecule has 0 saturated carbocycles. The standard InChI is InChI=1S/C20H17ClN2O6S/c21-16-6-5-14(30(26,27)23-7-9-28-10-8-23)12-17(16)22-19(24)15-11-13-3-1-2-4-18(13)29-20(15)25/h1-6,11-12H,7-10H2,(H,22,24). The Kier molecular flexibility index (Phi) is 5.61. The maximum Gasteiger partial charge on any atom is 0.349 e. The molecular formula is C20H17ClN2O6S. The number of carbonyl (C=O) groups excluding carboxylic acids is 1. The second-order valence-electron chi connectivity index (χ2n) is 6.60. The molecule has 156 valence electrons. The number of sulfonamides is 1. The Bertz CT molecular complexity index is 1280. The van der Waals surface area contributed by atoms with Crippen LogP contribution in [0.25, 0.3) is 11.0 Å². The van der Waals surface area contributed by atoms with Gasteiger partial charge in [0, 0.05) is 18.5 Å². The summed E-state index contributed by atoms with van der Waals surface area (Å²) in [5.74, 6) is -0.752. The van der Waals surface area contributed by atoms with Crippen LogP contribution in [0.2, 0.25) is 5.02 Å². The Morgan fingerprint density at radius 1 is 1.07 bits per heavy atom. The lowest BCUT2D eigenvalue weighted by Gasteiger charge is -2.26. The van der Waals surface area contributed by atoms with Crippen molar-refractivity contribution in [3.8, 4) is 0 Å². The average Bonchev–Trinajstić information content (AvgIpc) is 2.75. The van der Waals surface area contributed by atoms with Gasteiger partial charge in [0.15, 0.2) is 0 Å². The summed E-state index contributed by atoms with van der Waals surface area (Å²) in [6.07, 6.45) is 0. The van der Waals surface area contributed by atoms with Crippen molar-refractivity contribution in [2.24, 2.45) is 0 Å². The summed E-state index contributed by atoms with van der Waals surface area (Å²) in [4.78, 5) is 24.9. The molecule has 8 nitrogen and oxygen atoms in total. The van der Waals surface area contributed by atoms with Crippen molar-refractivity contribution in [2.45, 2.75) is 4.90 Å². The predicted molar refractivity (Wildman–Crippen MR) is 111 cm³/mol. The van der Waals surface area contributed by atoms with Crippen molar-refractivity contribution < 1.29 is 22.4 Å². The van der Waals surface area contributed by atoms with E-state index in [1.54, 1.807) is 24.3 Å². The lowest BCUT2D eigenvalue weighted by Crippen LogP contribution is -2.40. The first kappa shape index (κ1) is 20.5. The van der Waals surface area contributed by atoms with Gasteiger partial charge in [-0.05, 0) is 30.3 Å². The summed E-state index contributed by atoms with van der Waals surface area (Å²) in [6.45, 7) is 1.11. The van der Waals surface area contributed by atoms with Gasteiger partial charge in [-0.2, -0.15) is 4.31 Å². The Labute approximate surface area is 177 Å². The molecule has 0 bridgehead atoms. The molecule has 0 aliphatic carbocycles. The summed E-state index contributed by atoms with van der Waals surface area (Å²) in [6, 6.07) is 12.2. The Morgan fingerprint density at radius 3 is 2.57 bits per heavy atom. The van der Waals surface area contributed by atoms with E-state index in [0.29, 0.717) is 24.2 Å². The van der Waals surface area contributed by atoms with Gasteiger partial charge in [-0.1, -0.05) is 29.8 Å². The van der Waals surface area contributed by atoms with Gasteiger partial charge in [-0.3, -0.25) is 4.79 Å². The molecular weight excluding hydrogens is 432 g/mol. The first-order chi connectivity index (χ1) is 14.4. The molecule has 1 amide bonds. The number of nitrogens with one attached hydrogen (secondary N) is 1. The number of halogens is 1. The van der Waals surface area contributed by atoms with E-state index in [1.165, 1.54) is 28.6 Å². The van der Waals surface area contributed by atoms with Gasteiger partial charge in [-0.25, -0.2) is 13.2 Å². The van der Waals surface area contributed by atoms with Crippen LogP contribution in [0.1, 0.15) is 10.4 Å². The molecule has 0 atom stereocenters. The molecule has 0 unspecified atom stereocenters. The summed E-state index contributed by atoms with van der Waals surface area (Å²) in [5.41, 5.74) is -0.593. The third-order valence-electron chi connectivity index (χ3n) is 4.68. The minimum absolute atomic E-state index is 0.0188. The SMILES string of the molecule is O=C(Nc1cc(S(=O)(=O)N2CCOCC2)ccc1Cl)c1cc2ccccc2oc1=O. The molecule has 2 heterocycles. The summed E-state index contributed by atoms with van der Waals surface area (Å²) in [7, 11) is -3.78. The summed E-state index contributed by atoms with van der Waals surface area (Å²) in [5, 5.41) is 3.22. The second-order valence-corrected chi connectivity index (χ2v) is 8.94. The van der Waals surface area contributed by atoms with E-state index in [1.807, 2.05) is 0 Å². The molecule has 4 rings (SSSR count). The molecule has 2 aromatic carbocycles. The first-order valence-electron chi connectivity index (χ1n) is 9.08. The van der Waals surface area contributed by atoms with Crippen molar-refractivity contribution in [1.29, 1.82) is 0 Å². The number of rotatable bonds is 4. The van der Waals surface area contributed by atoms with E-state index >= 15 is 0 Å². The van der Waals surface area contributed by atoms with Gasteiger partial charge < -0.3 is 14.5 Å². The van der Waals surface area contributed by atoms with Crippen LogP contribution in [0.4, 0.5) is 5.69 Å². The van der Waals surface area contributed by atoms with E-state index in [2.05, 4.69) is 5.32 Å². The van der Waals surface area contributed by atoms with E-state index < -0.39 is 21.6 Å². The topological polar surface area (TPSA) is 106 Å². The number of benzene rings is 2. The van der Waals surface area contributed by atoms with Crippen LogP contribution < -0.4 is 10.9 Å². The average molecular weight is 449 g/mol. The molecule has 30 heavy (non-hydrogen) atoms. The van der Waals surface area contributed by atoms with Gasteiger partial charge in [0.2, 0.25) is 10.0 Å². The number of hydrogen-bond donors (Lipinski definition) is 1. The monoisotopic (exact) mass is 448 g/mol. The van der Waals surface area contributed by atoms with Crippen LogP contribution in [0.15, 0.2) is 62.6 Å². The third-order valence-corrected chi connectivity index (χ3v) is 6.90. The highest BCUT2D eigenvalue weighted by molar-refractivity contribution is 7.89. The maximum absolute atomic E-state index is 12.9. The number of fused-ring (bicyclic) bond motifs is 1. The molecule has 1 N–H and O–H groups in total. The molecule has 0 radical (unpaired) electrons. The fourth-order valence-corrected chi connectivity index (χ4v) is 4.71. The zero-order chi connectivity index (χ0) is 21.3. The second kappa shape index (κ2) is 8.19. The van der Waals surface area contributed by atoms with Gasteiger partial charge in [-0.15, -0.1) is 0 Å². The number of amides is 1. The lowest BCUT2D eigenvalue weighted by molar-refractivity contribution is 0.0730. The number of nitrogens with zero attached hydrogens (tertiary/aromatic N) is 1. The van der Waals surface area contributed by atoms with Crippen molar-refractivity contribution >= 4 is 44.2 Å². The van der Waals surface area contributed by atoms with Crippen LogP contribution in [0, 0.1) is 0 Å². The van der Waals surface area contributed by atoms with Crippen molar-refractivity contribution in [3.05, 3.63) is 69.5 Å². The van der Waals surface area contributed by atoms with Crippen molar-refractivity contribution in [2.75, 3.05) is 31.6 Å². The van der Waals surface area contributed by atoms with Crippen LogP contribution in [-0.2, 0) is 14.8 Å². The van der Waals surface area contributed by atoms with Crippen LogP contribution in [-0.4, -0.2) is 44.9 Å². The Hall–Kier alpha value is -2.72. The molecule has 1 aliphatic heterocycles. The molecule has 3 aromatic rings. The van der Waals surface area contributed by atoms with Gasteiger partial charge >= 0.3 is 5.63 Å². The Balaban J connectivity index is 1.65.